The summed E-state index contributed by atoms with van der Waals surface area (Å²) in [5.41, 5.74) is 1.79. The Morgan fingerprint density at radius 2 is 1.96 bits per heavy atom. The third kappa shape index (κ3) is 5.22. The topological polar surface area (TPSA) is 63.1 Å². The molecule has 2 aromatic heterocycles. The molecule has 27 heavy (non-hydrogen) atoms. The van der Waals surface area contributed by atoms with Crippen LogP contribution in [0.25, 0.3) is 10.6 Å². The number of thiazole rings is 1. The highest BCUT2D eigenvalue weighted by molar-refractivity contribution is 7.17. The smallest absolute Gasteiger partial charge is 0.265 e. The number of carbonyl (C=O) groups excluding carboxylic acids is 1. The van der Waals surface area contributed by atoms with Crippen LogP contribution >= 0.6 is 36.2 Å². The van der Waals surface area contributed by atoms with Gasteiger partial charge in [-0.05, 0) is 45.1 Å². The van der Waals surface area contributed by atoms with E-state index in [9.17, 15) is 4.79 Å². The Labute approximate surface area is 176 Å². The zero-order valence-corrected chi connectivity index (χ0v) is 18.1. The molecule has 0 aromatic carbocycles. The minimum atomic E-state index is 0. The first-order valence-electron chi connectivity index (χ1n) is 9.09. The number of nitrogens with zero attached hydrogens (tertiary/aromatic N) is 4. The third-order valence-corrected chi connectivity index (χ3v) is 6.31. The molecule has 0 spiro atoms. The van der Waals surface area contributed by atoms with Crippen molar-refractivity contribution in [3.8, 4) is 10.6 Å². The summed E-state index contributed by atoms with van der Waals surface area (Å²) in [5, 5.41) is 8.73. The van der Waals surface area contributed by atoms with Crippen molar-refractivity contribution < 1.29 is 4.79 Å². The summed E-state index contributed by atoms with van der Waals surface area (Å²) < 4.78 is 1.76. The number of piperidine rings is 1. The first kappa shape index (κ1) is 22.1. The molecule has 1 aliphatic carbocycles. The molecule has 4 rings (SSSR count). The van der Waals surface area contributed by atoms with E-state index in [1.807, 2.05) is 25.1 Å². The molecule has 2 aliphatic rings. The summed E-state index contributed by atoms with van der Waals surface area (Å²) in [6.07, 6.45) is 8.59. The van der Waals surface area contributed by atoms with E-state index in [1.54, 1.807) is 10.9 Å². The van der Waals surface area contributed by atoms with Crippen LogP contribution in [0.3, 0.4) is 0 Å². The van der Waals surface area contributed by atoms with Crippen molar-refractivity contribution in [1.29, 1.82) is 0 Å². The Hall–Kier alpha value is -1.15. The number of aryl methyl sites for hydroxylation is 2. The van der Waals surface area contributed by atoms with Gasteiger partial charge in [0, 0.05) is 37.9 Å². The molecule has 150 valence electrons. The molecule has 0 bridgehead atoms. The monoisotopic (exact) mass is 431 g/mol. The molecule has 0 radical (unpaired) electrons. The summed E-state index contributed by atoms with van der Waals surface area (Å²) in [6.45, 7) is 4.75. The van der Waals surface area contributed by atoms with E-state index in [4.69, 9.17) is 0 Å². The third-order valence-electron chi connectivity index (χ3n) is 5.12. The van der Waals surface area contributed by atoms with E-state index in [2.05, 4.69) is 15.4 Å². The molecule has 1 aliphatic heterocycles. The number of aromatic nitrogens is 3. The van der Waals surface area contributed by atoms with Crippen LogP contribution in [0.1, 0.15) is 41.0 Å². The van der Waals surface area contributed by atoms with Crippen molar-refractivity contribution in [2.45, 2.75) is 38.6 Å². The average molecular weight is 432 g/mol. The Kier molecular flexibility index (Phi) is 7.68. The van der Waals surface area contributed by atoms with Crippen molar-refractivity contribution >= 4 is 42.1 Å². The van der Waals surface area contributed by atoms with Gasteiger partial charge in [-0.2, -0.15) is 5.10 Å². The fourth-order valence-electron chi connectivity index (χ4n) is 3.34. The molecule has 1 saturated carbocycles. The summed E-state index contributed by atoms with van der Waals surface area (Å²) >= 11 is 1.48. The molecule has 0 atom stereocenters. The second-order valence-electron chi connectivity index (χ2n) is 7.25. The van der Waals surface area contributed by atoms with Gasteiger partial charge < -0.3 is 10.2 Å². The van der Waals surface area contributed by atoms with E-state index in [0.29, 0.717) is 6.04 Å². The average Bonchev–Trinajstić information content (AvgIpc) is 3.22. The fourth-order valence-corrected chi connectivity index (χ4v) is 4.34. The first-order valence-corrected chi connectivity index (χ1v) is 9.91. The van der Waals surface area contributed by atoms with E-state index in [0.717, 1.165) is 59.5 Å². The van der Waals surface area contributed by atoms with E-state index < -0.39 is 0 Å². The Morgan fingerprint density at radius 3 is 2.56 bits per heavy atom. The molecule has 2 fully saturated rings. The molecular weight excluding hydrogens is 405 g/mol. The van der Waals surface area contributed by atoms with Crippen molar-refractivity contribution in [1.82, 2.24) is 25.0 Å². The van der Waals surface area contributed by atoms with Crippen LogP contribution < -0.4 is 5.32 Å². The van der Waals surface area contributed by atoms with Crippen molar-refractivity contribution in [2.75, 3.05) is 19.6 Å². The quantitative estimate of drug-likeness (QED) is 0.788. The number of rotatable bonds is 5. The van der Waals surface area contributed by atoms with Gasteiger partial charge in [0.25, 0.3) is 5.91 Å². The maximum absolute atomic E-state index is 12.9. The van der Waals surface area contributed by atoms with Crippen molar-refractivity contribution in [3.63, 3.8) is 0 Å². The molecule has 0 unspecified atom stereocenters. The van der Waals surface area contributed by atoms with Crippen LogP contribution in [0.15, 0.2) is 12.4 Å². The largest absolute Gasteiger partial charge is 0.338 e. The summed E-state index contributed by atoms with van der Waals surface area (Å²) in [4.78, 5) is 20.3. The predicted octanol–water partition coefficient (Wildman–Crippen LogP) is 3.30. The lowest BCUT2D eigenvalue weighted by molar-refractivity contribution is 0.0709. The summed E-state index contributed by atoms with van der Waals surface area (Å²) in [5.74, 6) is 1.04. The van der Waals surface area contributed by atoms with Gasteiger partial charge in [0.15, 0.2) is 0 Å². The maximum Gasteiger partial charge on any atom is 0.265 e. The number of likely N-dealkylation sites (tertiary alicyclic amines) is 1. The SMILES string of the molecule is Cc1nc(-c2cnn(C)c2)sc1C(=O)N1CCC(NCC2CC2)CC1.Cl.Cl. The molecule has 9 heteroatoms. The van der Waals surface area contributed by atoms with Crippen molar-refractivity contribution in [3.05, 3.63) is 23.0 Å². The number of halogens is 2. The van der Waals surface area contributed by atoms with Gasteiger partial charge in [0.2, 0.25) is 0 Å². The minimum Gasteiger partial charge on any atom is -0.338 e. The van der Waals surface area contributed by atoms with Gasteiger partial charge in [-0.1, -0.05) is 0 Å². The summed E-state index contributed by atoms with van der Waals surface area (Å²) in [6, 6.07) is 0.568. The van der Waals surface area contributed by atoms with E-state index in [1.165, 1.54) is 24.2 Å². The zero-order chi connectivity index (χ0) is 17.4. The summed E-state index contributed by atoms with van der Waals surface area (Å²) in [7, 11) is 1.89. The Balaban J connectivity index is 0.00000131. The standard InChI is InChI=1S/C18H25N5OS.2ClH/c1-12-16(25-17(21-12)14-10-20-22(2)11-14)18(24)23-7-5-15(6-8-23)19-9-13-3-4-13;;/h10-11,13,15,19H,3-9H2,1-2H3;2*1H. The number of amides is 1. The lowest BCUT2D eigenvalue weighted by Crippen LogP contribution is -2.45. The number of hydrogen-bond acceptors (Lipinski definition) is 5. The van der Waals surface area contributed by atoms with E-state index >= 15 is 0 Å². The predicted molar refractivity (Wildman–Crippen MR) is 113 cm³/mol. The van der Waals surface area contributed by atoms with Gasteiger partial charge in [-0.25, -0.2) is 4.98 Å². The van der Waals surface area contributed by atoms with Crippen LogP contribution in [0.2, 0.25) is 0 Å². The van der Waals surface area contributed by atoms with Crippen LogP contribution in [0, 0.1) is 12.8 Å². The molecule has 6 nitrogen and oxygen atoms in total. The van der Waals surface area contributed by atoms with Gasteiger partial charge in [0.1, 0.15) is 9.88 Å². The number of carbonyl (C=O) groups is 1. The van der Waals surface area contributed by atoms with Gasteiger partial charge in [-0.3, -0.25) is 9.48 Å². The van der Waals surface area contributed by atoms with Gasteiger partial charge >= 0.3 is 0 Å². The Morgan fingerprint density at radius 1 is 1.26 bits per heavy atom. The first-order chi connectivity index (χ1) is 12.1. The number of nitrogens with one attached hydrogen (secondary N) is 1. The van der Waals surface area contributed by atoms with Crippen LogP contribution in [0.4, 0.5) is 0 Å². The second kappa shape index (κ2) is 9.37. The normalized spacial score (nSPS) is 17.3. The maximum atomic E-state index is 12.9. The van der Waals surface area contributed by atoms with Gasteiger partial charge in [-0.15, -0.1) is 36.2 Å². The van der Waals surface area contributed by atoms with Crippen LogP contribution in [-0.4, -0.2) is 51.2 Å². The molecule has 1 amide bonds. The molecule has 2 aromatic rings. The highest BCUT2D eigenvalue weighted by Gasteiger charge is 2.28. The highest BCUT2D eigenvalue weighted by Crippen LogP contribution is 2.30. The van der Waals surface area contributed by atoms with E-state index in [-0.39, 0.29) is 30.7 Å². The zero-order valence-electron chi connectivity index (χ0n) is 15.7. The van der Waals surface area contributed by atoms with Crippen LogP contribution in [0.5, 0.6) is 0 Å². The lowest BCUT2D eigenvalue weighted by atomic mass is 10.0. The van der Waals surface area contributed by atoms with Crippen molar-refractivity contribution in [2.24, 2.45) is 13.0 Å². The highest BCUT2D eigenvalue weighted by atomic mass is 35.5. The molecule has 1 N–H and O–H groups in total. The Bertz CT molecular complexity index is 766. The van der Waals surface area contributed by atoms with Gasteiger partial charge in [0.05, 0.1) is 11.9 Å². The minimum absolute atomic E-state index is 0. The molecular formula is C18H27Cl2N5OS. The number of hydrogen-bond donors (Lipinski definition) is 1. The molecule has 1 saturated heterocycles. The fraction of sp³-hybridized carbons (Fsp3) is 0.611. The lowest BCUT2D eigenvalue weighted by Gasteiger charge is -2.32. The van der Waals surface area contributed by atoms with Crippen LogP contribution in [-0.2, 0) is 7.05 Å². The molecule has 3 heterocycles. The second-order valence-corrected chi connectivity index (χ2v) is 8.25.